The van der Waals surface area contributed by atoms with Gasteiger partial charge < -0.3 is 9.16 Å². The maximum atomic E-state index is 6.31. The van der Waals surface area contributed by atoms with E-state index in [2.05, 4.69) is 71.1 Å². The van der Waals surface area contributed by atoms with Crippen LogP contribution in [0.2, 0.25) is 18.1 Å². The summed E-state index contributed by atoms with van der Waals surface area (Å²) in [7, 11) is -1.71. The number of rotatable bonds is 4. The molecule has 0 bridgehead atoms. The Labute approximate surface area is 130 Å². The zero-order valence-electron chi connectivity index (χ0n) is 14.1. The van der Waals surface area contributed by atoms with Gasteiger partial charge in [0.15, 0.2) is 8.32 Å². The zero-order valence-corrected chi connectivity index (χ0v) is 15.1. The molecular weight excluding hydrogens is 276 g/mol. The standard InChI is InChI=1S/C18H28O2Si/c1-14-12-16(15-10-8-7-9-11-15)20-17(14)13-19-21(5,6)18(2,3)4/h7-12,16-17H,13H2,1-6H3/t16-,17-/m0/s1. The van der Waals surface area contributed by atoms with Crippen molar-refractivity contribution in [3.8, 4) is 0 Å². The van der Waals surface area contributed by atoms with Gasteiger partial charge in [0.25, 0.3) is 0 Å². The Morgan fingerprint density at radius 1 is 1.14 bits per heavy atom. The highest BCUT2D eigenvalue weighted by Crippen LogP contribution is 2.38. The third-order valence-electron chi connectivity index (χ3n) is 4.76. The summed E-state index contributed by atoms with van der Waals surface area (Å²) >= 11 is 0. The Morgan fingerprint density at radius 2 is 1.76 bits per heavy atom. The maximum Gasteiger partial charge on any atom is 0.192 e. The van der Waals surface area contributed by atoms with Crippen LogP contribution in [0.1, 0.15) is 39.4 Å². The molecule has 1 aliphatic heterocycles. The lowest BCUT2D eigenvalue weighted by atomic mass is 10.1. The van der Waals surface area contributed by atoms with Gasteiger partial charge in [0.1, 0.15) is 12.2 Å². The highest BCUT2D eigenvalue weighted by molar-refractivity contribution is 6.74. The minimum absolute atomic E-state index is 0.0687. The average molecular weight is 305 g/mol. The minimum Gasteiger partial charge on any atom is -0.414 e. The molecule has 0 N–H and O–H groups in total. The number of ether oxygens (including phenoxy) is 1. The molecule has 1 aliphatic rings. The molecule has 0 saturated heterocycles. The van der Waals surface area contributed by atoms with Gasteiger partial charge in [0.2, 0.25) is 0 Å². The van der Waals surface area contributed by atoms with Gasteiger partial charge in [0.05, 0.1) is 6.61 Å². The molecule has 2 atom stereocenters. The molecule has 21 heavy (non-hydrogen) atoms. The van der Waals surface area contributed by atoms with Crippen LogP contribution in [-0.2, 0) is 9.16 Å². The van der Waals surface area contributed by atoms with Crippen LogP contribution in [0.15, 0.2) is 42.0 Å². The van der Waals surface area contributed by atoms with Crippen LogP contribution in [-0.4, -0.2) is 21.0 Å². The smallest absolute Gasteiger partial charge is 0.192 e. The van der Waals surface area contributed by atoms with Crippen LogP contribution in [0.4, 0.5) is 0 Å². The second-order valence-electron chi connectivity index (χ2n) is 7.44. The number of benzene rings is 1. The predicted octanol–water partition coefficient (Wildman–Crippen LogP) is 5.09. The van der Waals surface area contributed by atoms with Crippen molar-refractivity contribution in [3.05, 3.63) is 47.5 Å². The summed E-state index contributed by atoms with van der Waals surface area (Å²) in [5, 5.41) is 0.238. The Kier molecular flexibility index (Phi) is 4.76. The molecule has 0 amide bonds. The fourth-order valence-electron chi connectivity index (χ4n) is 2.16. The van der Waals surface area contributed by atoms with Crippen LogP contribution in [0.5, 0.6) is 0 Å². The van der Waals surface area contributed by atoms with E-state index in [9.17, 15) is 0 Å². The van der Waals surface area contributed by atoms with E-state index in [0.717, 1.165) is 0 Å². The van der Waals surface area contributed by atoms with Crippen molar-refractivity contribution < 1.29 is 9.16 Å². The largest absolute Gasteiger partial charge is 0.414 e. The van der Waals surface area contributed by atoms with Gasteiger partial charge in [0, 0.05) is 0 Å². The quantitative estimate of drug-likeness (QED) is 0.569. The molecular formula is C18H28O2Si. The van der Waals surface area contributed by atoms with E-state index in [-0.39, 0.29) is 17.2 Å². The van der Waals surface area contributed by atoms with Crippen LogP contribution in [0.3, 0.4) is 0 Å². The lowest BCUT2D eigenvalue weighted by molar-refractivity contribution is 0.0239. The van der Waals surface area contributed by atoms with Gasteiger partial charge in [-0.15, -0.1) is 0 Å². The average Bonchev–Trinajstić information content (AvgIpc) is 2.78. The molecule has 1 heterocycles. The molecule has 3 heteroatoms. The van der Waals surface area contributed by atoms with Crippen molar-refractivity contribution >= 4 is 8.32 Å². The summed E-state index contributed by atoms with van der Waals surface area (Å²) in [6, 6.07) is 10.4. The minimum atomic E-state index is -1.71. The molecule has 0 unspecified atom stereocenters. The van der Waals surface area contributed by atoms with Crippen LogP contribution >= 0.6 is 0 Å². The first kappa shape index (κ1) is 16.5. The highest BCUT2D eigenvalue weighted by Gasteiger charge is 2.38. The first-order valence-electron chi connectivity index (χ1n) is 7.73. The molecule has 0 radical (unpaired) electrons. The fourth-order valence-corrected chi connectivity index (χ4v) is 3.16. The summed E-state index contributed by atoms with van der Waals surface area (Å²) in [5.74, 6) is 0. The van der Waals surface area contributed by atoms with Crippen molar-refractivity contribution in [3.63, 3.8) is 0 Å². The Bertz CT molecular complexity index is 500. The van der Waals surface area contributed by atoms with Gasteiger partial charge >= 0.3 is 0 Å². The van der Waals surface area contributed by atoms with Crippen molar-refractivity contribution in [1.82, 2.24) is 0 Å². The first-order valence-corrected chi connectivity index (χ1v) is 10.6. The third-order valence-corrected chi connectivity index (χ3v) is 9.26. The molecule has 0 spiro atoms. The van der Waals surface area contributed by atoms with Crippen molar-refractivity contribution in [2.75, 3.05) is 6.61 Å². The second kappa shape index (κ2) is 6.07. The predicted molar refractivity (Wildman–Crippen MR) is 91.0 cm³/mol. The molecule has 116 valence electrons. The maximum absolute atomic E-state index is 6.31. The second-order valence-corrected chi connectivity index (χ2v) is 12.2. The first-order chi connectivity index (χ1) is 9.71. The van der Waals surface area contributed by atoms with Gasteiger partial charge in [-0.1, -0.05) is 51.1 Å². The summed E-state index contributed by atoms with van der Waals surface area (Å²) in [4.78, 5) is 0. The summed E-state index contributed by atoms with van der Waals surface area (Å²) in [6.07, 6.45) is 2.37. The molecule has 1 aromatic rings. The SMILES string of the molecule is CC1=C[C@@H](c2ccccc2)O[C@H]1CO[Si](C)(C)C(C)(C)C. The molecule has 2 rings (SSSR count). The van der Waals surface area contributed by atoms with Crippen molar-refractivity contribution in [1.29, 1.82) is 0 Å². The number of hydrogen-bond donors (Lipinski definition) is 0. The van der Waals surface area contributed by atoms with Gasteiger partial charge in [-0.3, -0.25) is 0 Å². The van der Waals surface area contributed by atoms with Crippen LogP contribution in [0.25, 0.3) is 0 Å². The van der Waals surface area contributed by atoms with E-state index in [0.29, 0.717) is 6.61 Å². The van der Waals surface area contributed by atoms with Crippen LogP contribution in [0, 0.1) is 0 Å². The Hall–Kier alpha value is -0.903. The summed E-state index contributed by atoms with van der Waals surface area (Å²) in [5.41, 5.74) is 2.49. The van der Waals surface area contributed by atoms with Gasteiger partial charge in [-0.05, 0) is 42.3 Å². The zero-order chi connectivity index (χ0) is 15.7. The molecule has 0 saturated carbocycles. The lowest BCUT2D eigenvalue weighted by Crippen LogP contribution is -2.42. The fraction of sp³-hybridized carbons (Fsp3) is 0.556. The monoisotopic (exact) mass is 304 g/mol. The topological polar surface area (TPSA) is 18.5 Å². The van der Waals surface area contributed by atoms with E-state index in [4.69, 9.17) is 9.16 Å². The van der Waals surface area contributed by atoms with Gasteiger partial charge in [-0.2, -0.15) is 0 Å². The van der Waals surface area contributed by atoms with E-state index in [1.807, 2.05) is 6.07 Å². The lowest BCUT2D eigenvalue weighted by Gasteiger charge is -2.37. The van der Waals surface area contributed by atoms with Crippen LogP contribution < -0.4 is 0 Å². The Morgan fingerprint density at radius 3 is 2.33 bits per heavy atom. The summed E-state index contributed by atoms with van der Waals surface area (Å²) < 4.78 is 12.5. The van der Waals surface area contributed by atoms with E-state index < -0.39 is 8.32 Å². The molecule has 0 fully saturated rings. The number of hydrogen-bond acceptors (Lipinski definition) is 2. The summed E-state index contributed by atoms with van der Waals surface area (Å²) in [6.45, 7) is 14.2. The van der Waals surface area contributed by atoms with E-state index in [1.165, 1.54) is 11.1 Å². The van der Waals surface area contributed by atoms with Crippen molar-refractivity contribution in [2.45, 2.75) is 58.0 Å². The molecule has 1 aromatic carbocycles. The van der Waals surface area contributed by atoms with E-state index in [1.54, 1.807) is 0 Å². The highest BCUT2D eigenvalue weighted by atomic mass is 28.4. The van der Waals surface area contributed by atoms with E-state index >= 15 is 0 Å². The molecule has 0 aliphatic carbocycles. The third kappa shape index (κ3) is 3.85. The Balaban J connectivity index is 1.97. The molecule has 0 aromatic heterocycles. The molecule has 2 nitrogen and oxygen atoms in total. The normalized spacial score (nSPS) is 23.2. The van der Waals surface area contributed by atoms with Gasteiger partial charge in [-0.25, -0.2) is 0 Å². The van der Waals surface area contributed by atoms with Crippen molar-refractivity contribution in [2.24, 2.45) is 0 Å².